The number of ketones is 1. The van der Waals surface area contributed by atoms with Crippen molar-refractivity contribution in [1.29, 1.82) is 0 Å². The number of para-hydroxylation sites is 2. The number of carbonyl (C=O) groups excluding carboxylic acids is 2. The van der Waals surface area contributed by atoms with Crippen molar-refractivity contribution in [3.05, 3.63) is 64.4 Å². The Hall–Kier alpha value is -2.79. The maximum Gasteiger partial charge on any atom is 0.302 e. The number of ether oxygens (including phenoxy) is 2. The van der Waals surface area contributed by atoms with Crippen LogP contribution in [0.1, 0.15) is 28.6 Å². The number of hydrogen-bond acceptors (Lipinski definition) is 5. The van der Waals surface area contributed by atoms with E-state index in [4.69, 9.17) is 25.5 Å². The number of esters is 1. The molecule has 3 rings (SSSR count). The van der Waals surface area contributed by atoms with Gasteiger partial charge in [-0.3, -0.25) is 9.59 Å². The zero-order chi connectivity index (χ0) is 18.0. The first-order valence-corrected chi connectivity index (χ1v) is 7.91. The molecule has 0 aliphatic carbocycles. The Kier molecular flexibility index (Phi) is 4.76. The Balaban J connectivity index is 2.17. The molecule has 0 fully saturated rings. The number of fused-ring (bicyclic) bond motifs is 1. The fraction of sp³-hybridized carbons (Fsp3) is 0.158. The molecule has 0 N–H and O–H groups in total. The summed E-state index contributed by atoms with van der Waals surface area (Å²) in [4.78, 5) is 24.2. The summed E-state index contributed by atoms with van der Waals surface area (Å²) in [5, 5.41) is 1.01. The summed E-state index contributed by atoms with van der Waals surface area (Å²) in [7, 11) is 1.49. The number of benzene rings is 2. The van der Waals surface area contributed by atoms with E-state index in [1.165, 1.54) is 14.0 Å². The lowest BCUT2D eigenvalue weighted by atomic mass is 10.0. The smallest absolute Gasteiger partial charge is 0.302 e. The molecular weight excluding hydrogens is 344 g/mol. The fourth-order valence-electron chi connectivity index (χ4n) is 2.59. The molecule has 0 aliphatic rings. The highest BCUT2D eigenvalue weighted by Crippen LogP contribution is 2.34. The van der Waals surface area contributed by atoms with Gasteiger partial charge < -0.3 is 13.9 Å². The van der Waals surface area contributed by atoms with Crippen LogP contribution in [0.4, 0.5) is 0 Å². The first-order chi connectivity index (χ1) is 12.0. The van der Waals surface area contributed by atoms with Crippen LogP contribution in [0.25, 0.3) is 11.0 Å². The van der Waals surface area contributed by atoms with E-state index in [0.717, 1.165) is 0 Å². The molecule has 2 aromatic carbocycles. The van der Waals surface area contributed by atoms with Crippen molar-refractivity contribution < 1.29 is 23.5 Å². The average Bonchev–Trinajstić information content (AvgIpc) is 2.99. The van der Waals surface area contributed by atoms with E-state index in [1.54, 1.807) is 42.5 Å². The van der Waals surface area contributed by atoms with E-state index >= 15 is 0 Å². The standard InChI is InChI=1S/C19H15ClO5/c1-11(21)24-10-14-12-7-5-8-15(20)18(12)25-19(14)17(22)13-6-3-4-9-16(13)23-2/h3-9H,10H2,1-2H3. The van der Waals surface area contributed by atoms with Gasteiger partial charge in [0, 0.05) is 17.9 Å². The second-order valence-corrected chi connectivity index (χ2v) is 5.74. The summed E-state index contributed by atoms with van der Waals surface area (Å²) < 4.78 is 16.1. The van der Waals surface area contributed by atoms with E-state index in [-0.39, 0.29) is 18.2 Å². The van der Waals surface area contributed by atoms with Crippen molar-refractivity contribution in [3.63, 3.8) is 0 Å². The Labute approximate surface area is 149 Å². The van der Waals surface area contributed by atoms with Crippen LogP contribution >= 0.6 is 11.6 Å². The van der Waals surface area contributed by atoms with Gasteiger partial charge in [-0.25, -0.2) is 0 Å². The first-order valence-electron chi connectivity index (χ1n) is 7.54. The number of hydrogen-bond donors (Lipinski definition) is 0. The predicted octanol–water partition coefficient (Wildman–Crippen LogP) is 4.39. The first kappa shape index (κ1) is 17.0. The van der Waals surface area contributed by atoms with Gasteiger partial charge in [-0.1, -0.05) is 35.9 Å². The number of halogens is 1. The molecule has 0 spiro atoms. The Bertz CT molecular complexity index is 958. The number of rotatable bonds is 5. The van der Waals surface area contributed by atoms with Crippen molar-refractivity contribution in [2.75, 3.05) is 7.11 Å². The van der Waals surface area contributed by atoms with Gasteiger partial charge in [0.15, 0.2) is 11.3 Å². The summed E-state index contributed by atoms with van der Waals surface area (Å²) >= 11 is 6.18. The second kappa shape index (κ2) is 6.99. The van der Waals surface area contributed by atoms with E-state index in [2.05, 4.69) is 0 Å². The SMILES string of the molecule is COc1ccccc1C(=O)c1oc2c(Cl)cccc2c1COC(C)=O. The van der Waals surface area contributed by atoms with Crippen LogP contribution in [0.5, 0.6) is 5.75 Å². The highest BCUT2D eigenvalue weighted by Gasteiger charge is 2.25. The van der Waals surface area contributed by atoms with Crippen molar-refractivity contribution in [2.24, 2.45) is 0 Å². The van der Waals surface area contributed by atoms with E-state index in [0.29, 0.717) is 32.9 Å². The fourth-order valence-corrected chi connectivity index (χ4v) is 2.80. The maximum absolute atomic E-state index is 13.0. The van der Waals surface area contributed by atoms with E-state index in [1.807, 2.05) is 0 Å². The Morgan fingerprint density at radius 1 is 1.12 bits per heavy atom. The average molecular weight is 359 g/mol. The maximum atomic E-state index is 13.0. The van der Waals surface area contributed by atoms with Crippen LogP contribution in [-0.2, 0) is 16.1 Å². The largest absolute Gasteiger partial charge is 0.496 e. The van der Waals surface area contributed by atoms with E-state index < -0.39 is 5.97 Å². The molecule has 0 amide bonds. The molecule has 6 heteroatoms. The predicted molar refractivity (Wildman–Crippen MR) is 93.1 cm³/mol. The van der Waals surface area contributed by atoms with Gasteiger partial charge >= 0.3 is 5.97 Å². The van der Waals surface area contributed by atoms with Crippen LogP contribution in [0.15, 0.2) is 46.9 Å². The Morgan fingerprint density at radius 3 is 2.60 bits per heavy atom. The molecule has 0 bridgehead atoms. The number of methoxy groups -OCH3 is 1. The minimum atomic E-state index is -0.452. The molecule has 3 aromatic rings. The molecule has 0 unspecified atom stereocenters. The third kappa shape index (κ3) is 3.23. The van der Waals surface area contributed by atoms with Gasteiger partial charge in [-0.05, 0) is 18.2 Å². The minimum Gasteiger partial charge on any atom is -0.496 e. The van der Waals surface area contributed by atoms with Gasteiger partial charge in [-0.15, -0.1) is 0 Å². The zero-order valence-electron chi connectivity index (χ0n) is 13.7. The lowest BCUT2D eigenvalue weighted by Gasteiger charge is -2.07. The minimum absolute atomic E-state index is 0.0776. The molecule has 0 aliphatic heterocycles. The second-order valence-electron chi connectivity index (χ2n) is 5.34. The number of furan rings is 1. The lowest BCUT2D eigenvalue weighted by molar-refractivity contribution is -0.142. The summed E-state index contributed by atoms with van der Waals surface area (Å²) in [5.74, 6) is -0.315. The number of carbonyl (C=O) groups is 2. The molecule has 5 nitrogen and oxygen atoms in total. The normalized spacial score (nSPS) is 10.7. The van der Waals surface area contributed by atoms with Gasteiger partial charge in [0.05, 0.1) is 17.7 Å². The van der Waals surface area contributed by atoms with Crippen LogP contribution in [0, 0.1) is 0 Å². The molecule has 0 atom stereocenters. The van der Waals surface area contributed by atoms with Gasteiger partial charge in [0.1, 0.15) is 12.4 Å². The van der Waals surface area contributed by atoms with Gasteiger partial charge in [0.25, 0.3) is 0 Å². The molecule has 0 saturated heterocycles. The third-order valence-corrected chi connectivity index (χ3v) is 4.05. The van der Waals surface area contributed by atoms with Gasteiger partial charge in [0.2, 0.25) is 5.78 Å². The molecule has 25 heavy (non-hydrogen) atoms. The van der Waals surface area contributed by atoms with Crippen LogP contribution in [0.2, 0.25) is 5.02 Å². The lowest BCUT2D eigenvalue weighted by Crippen LogP contribution is -2.07. The summed E-state index contributed by atoms with van der Waals surface area (Å²) in [6, 6.07) is 12.0. The van der Waals surface area contributed by atoms with Crippen LogP contribution in [-0.4, -0.2) is 18.9 Å². The molecule has 0 radical (unpaired) electrons. The summed E-state index contributed by atoms with van der Waals surface area (Å²) in [6.45, 7) is 1.22. The highest BCUT2D eigenvalue weighted by atomic mass is 35.5. The summed E-state index contributed by atoms with van der Waals surface area (Å²) in [6.07, 6.45) is 0. The topological polar surface area (TPSA) is 65.7 Å². The molecule has 128 valence electrons. The highest BCUT2D eigenvalue weighted by molar-refractivity contribution is 6.35. The monoisotopic (exact) mass is 358 g/mol. The third-order valence-electron chi connectivity index (χ3n) is 3.75. The quantitative estimate of drug-likeness (QED) is 0.500. The van der Waals surface area contributed by atoms with Crippen LogP contribution in [0.3, 0.4) is 0 Å². The van der Waals surface area contributed by atoms with Gasteiger partial charge in [-0.2, -0.15) is 0 Å². The van der Waals surface area contributed by atoms with Crippen LogP contribution < -0.4 is 4.74 Å². The molecule has 1 heterocycles. The van der Waals surface area contributed by atoms with Crippen molar-refractivity contribution in [1.82, 2.24) is 0 Å². The van der Waals surface area contributed by atoms with Crippen molar-refractivity contribution in [3.8, 4) is 5.75 Å². The van der Waals surface area contributed by atoms with E-state index in [9.17, 15) is 9.59 Å². The molecule has 0 saturated carbocycles. The summed E-state index contributed by atoms with van der Waals surface area (Å²) in [5.41, 5.74) is 1.21. The van der Waals surface area contributed by atoms with Crippen molar-refractivity contribution >= 4 is 34.3 Å². The molecule has 1 aromatic heterocycles. The zero-order valence-corrected chi connectivity index (χ0v) is 14.4. The molecular formula is C19H15ClO5. The van der Waals surface area contributed by atoms with Crippen molar-refractivity contribution in [2.45, 2.75) is 13.5 Å². The Morgan fingerprint density at radius 2 is 1.88 bits per heavy atom.